The Hall–Kier alpha value is -3.03. The van der Waals surface area contributed by atoms with E-state index in [2.05, 4.69) is 27.1 Å². The van der Waals surface area contributed by atoms with Crippen molar-refractivity contribution in [2.75, 3.05) is 46.4 Å². The molecule has 2 aromatic rings. The smallest absolute Gasteiger partial charge is 0.409 e. The van der Waals surface area contributed by atoms with Gasteiger partial charge in [0.2, 0.25) is 5.89 Å². The number of piperazine rings is 1. The fourth-order valence-corrected chi connectivity index (χ4v) is 3.20. The lowest BCUT2D eigenvalue weighted by molar-refractivity contribution is 0.0914. The Morgan fingerprint density at radius 1 is 1.21 bits per heavy atom. The van der Waals surface area contributed by atoms with Gasteiger partial charge in [0.05, 0.1) is 12.3 Å². The van der Waals surface area contributed by atoms with Gasteiger partial charge in [-0.1, -0.05) is 17.7 Å². The van der Waals surface area contributed by atoms with Crippen LogP contribution in [0.15, 0.2) is 39.9 Å². The largest absolute Gasteiger partial charge is 0.450 e. The van der Waals surface area contributed by atoms with E-state index in [4.69, 9.17) is 9.15 Å². The van der Waals surface area contributed by atoms with Crippen molar-refractivity contribution in [3.05, 3.63) is 41.8 Å². The molecule has 29 heavy (non-hydrogen) atoms. The van der Waals surface area contributed by atoms with Gasteiger partial charge in [0.15, 0.2) is 5.96 Å². The van der Waals surface area contributed by atoms with E-state index < -0.39 is 0 Å². The highest BCUT2D eigenvalue weighted by Crippen LogP contribution is 2.19. The molecule has 1 aromatic heterocycles. The van der Waals surface area contributed by atoms with Gasteiger partial charge in [-0.05, 0) is 26.0 Å². The van der Waals surface area contributed by atoms with Crippen LogP contribution in [-0.4, -0.2) is 73.2 Å². The summed E-state index contributed by atoms with van der Waals surface area (Å²) in [6.45, 7) is 7.67. The number of aryl methyl sites for hydroxylation is 1. The van der Waals surface area contributed by atoms with Gasteiger partial charge in [0.1, 0.15) is 6.26 Å². The van der Waals surface area contributed by atoms with Crippen molar-refractivity contribution in [2.24, 2.45) is 4.99 Å². The highest BCUT2D eigenvalue weighted by atomic mass is 16.6. The molecule has 0 unspecified atom stereocenters. The second-order valence-electron chi connectivity index (χ2n) is 6.91. The first kappa shape index (κ1) is 20.7. The zero-order valence-corrected chi connectivity index (χ0v) is 17.4. The molecule has 1 saturated heterocycles. The second kappa shape index (κ2) is 9.95. The van der Waals surface area contributed by atoms with E-state index in [0.717, 1.165) is 36.7 Å². The number of aromatic nitrogens is 1. The molecule has 0 saturated carbocycles. The van der Waals surface area contributed by atoms with Gasteiger partial charge in [-0.2, -0.15) is 0 Å². The summed E-state index contributed by atoms with van der Waals surface area (Å²) in [5, 5.41) is 3.37. The van der Waals surface area contributed by atoms with Gasteiger partial charge in [0, 0.05) is 51.8 Å². The van der Waals surface area contributed by atoms with E-state index >= 15 is 0 Å². The summed E-state index contributed by atoms with van der Waals surface area (Å²) in [5.41, 5.74) is 3.08. The number of nitrogens with zero attached hydrogens (tertiary/aromatic N) is 4. The number of carbonyl (C=O) groups is 1. The van der Waals surface area contributed by atoms with Crippen LogP contribution in [0.1, 0.15) is 18.2 Å². The molecule has 1 aliphatic rings. The van der Waals surface area contributed by atoms with E-state index in [-0.39, 0.29) is 6.09 Å². The summed E-state index contributed by atoms with van der Waals surface area (Å²) in [4.78, 5) is 24.6. The van der Waals surface area contributed by atoms with Crippen molar-refractivity contribution >= 4 is 12.1 Å². The molecule has 0 atom stereocenters. The molecule has 0 aliphatic carbocycles. The third-order valence-corrected chi connectivity index (χ3v) is 4.83. The molecule has 156 valence electrons. The van der Waals surface area contributed by atoms with Crippen LogP contribution in [0.25, 0.3) is 11.5 Å². The Balaban J connectivity index is 1.46. The van der Waals surface area contributed by atoms with Crippen molar-refractivity contribution in [3.63, 3.8) is 0 Å². The Kier molecular flexibility index (Phi) is 7.10. The third-order valence-electron chi connectivity index (χ3n) is 4.83. The molecule has 1 aromatic carbocycles. The van der Waals surface area contributed by atoms with Crippen LogP contribution in [0, 0.1) is 6.92 Å². The van der Waals surface area contributed by atoms with Gasteiger partial charge < -0.3 is 24.3 Å². The number of carbonyl (C=O) groups excluding carboxylic acids is 1. The molecule has 0 spiro atoms. The minimum Gasteiger partial charge on any atom is -0.450 e. The summed E-state index contributed by atoms with van der Waals surface area (Å²) >= 11 is 0. The summed E-state index contributed by atoms with van der Waals surface area (Å²) < 4.78 is 10.7. The fourth-order valence-electron chi connectivity index (χ4n) is 3.20. The van der Waals surface area contributed by atoms with E-state index in [1.165, 1.54) is 5.56 Å². The number of aliphatic imine (C=N–C) groups is 1. The standard InChI is InChI=1S/C21H29N5O3/c1-4-28-21(27)26-13-11-25(12-14-26)20(22-3)23-10-9-18-15-29-19(24-18)17-7-5-16(2)6-8-17/h5-8,15H,4,9-14H2,1-3H3,(H,22,23). The zero-order valence-electron chi connectivity index (χ0n) is 17.4. The van der Waals surface area contributed by atoms with E-state index in [0.29, 0.717) is 32.1 Å². The normalized spacial score (nSPS) is 14.8. The monoisotopic (exact) mass is 399 g/mol. The van der Waals surface area contributed by atoms with Crippen LogP contribution in [0.5, 0.6) is 0 Å². The summed E-state index contributed by atoms with van der Waals surface area (Å²) in [6, 6.07) is 8.13. The highest BCUT2D eigenvalue weighted by molar-refractivity contribution is 5.80. The third kappa shape index (κ3) is 5.49. The molecule has 0 radical (unpaired) electrons. The number of guanidine groups is 1. The van der Waals surface area contributed by atoms with Gasteiger partial charge in [-0.3, -0.25) is 4.99 Å². The van der Waals surface area contributed by atoms with Crippen molar-refractivity contribution in [1.29, 1.82) is 0 Å². The maximum Gasteiger partial charge on any atom is 0.409 e. The van der Waals surface area contributed by atoms with Crippen molar-refractivity contribution in [1.82, 2.24) is 20.1 Å². The molecule has 8 heteroatoms. The first-order valence-electron chi connectivity index (χ1n) is 9.99. The van der Waals surface area contributed by atoms with Gasteiger partial charge in [-0.25, -0.2) is 9.78 Å². The van der Waals surface area contributed by atoms with Gasteiger partial charge >= 0.3 is 6.09 Å². The predicted octanol–water partition coefficient (Wildman–Crippen LogP) is 2.54. The molecule has 0 bridgehead atoms. The number of benzene rings is 1. The number of oxazole rings is 1. The Labute approximate surface area is 171 Å². The van der Waals surface area contributed by atoms with Crippen LogP contribution in [0.4, 0.5) is 4.79 Å². The average molecular weight is 399 g/mol. The van der Waals surface area contributed by atoms with Crippen molar-refractivity contribution < 1.29 is 13.9 Å². The first-order chi connectivity index (χ1) is 14.1. The lowest BCUT2D eigenvalue weighted by Gasteiger charge is -2.35. The van der Waals surface area contributed by atoms with E-state index in [9.17, 15) is 4.79 Å². The van der Waals surface area contributed by atoms with Crippen LogP contribution in [0.2, 0.25) is 0 Å². The zero-order chi connectivity index (χ0) is 20.6. The SMILES string of the molecule is CCOC(=O)N1CCN(C(=NC)NCCc2coc(-c3ccc(C)cc3)n2)CC1. The Morgan fingerprint density at radius 3 is 2.55 bits per heavy atom. The maximum absolute atomic E-state index is 11.8. The summed E-state index contributed by atoms with van der Waals surface area (Å²) in [5.74, 6) is 1.47. The molecule has 3 rings (SSSR count). The van der Waals surface area contributed by atoms with Gasteiger partial charge in [-0.15, -0.1) is 0 Å². The number of nitrogens with one attached hydrogen (secondary N) is 1. The molecular formula is C21H29N5O3. The quantitative estimate of drug-likeness (QED) is 0.615. The minimum absolute atomic E-state index is 0.245. The number of ether oxygens (including phenoxy) is 1. The van der Waals surface area contributed by atoms with Crippen LogP contribution in [-0.2, 0) is 11.2 Å². The lowest BCUT2D eigenvalue weighted by atomic mass is 10.1. The topological polar surface area (TPSA) is 83.2 Å². The van der Waals surface area contributed by atoms with Crippen LogP contribution >= 0.6 is 0 Å². The van der Waals surface area contributed by atoms with Crippen LogP contribution < -0.4 is 5.32 Å². The van der Waals surface area contributed by atoms with Gasteiger partial charge in [0.25, 0.3) is 0 Å². The molecule has 1 aliphatic heterocycles. The molecular weight excluding hydrogens is 370 g/mol. The minimum atomic E-state index is -0.245. The Morgan fingerprint density at radius 2 is 1.90 bits per heavy atom. The fraction of sp³-hybridized carbons (Fsp3) is 0.476. The number of hydrogen-bond acceptors (Lipinski definition) is 5. The lowest BCUT2D eigenvalue weighted by Crippen LogP contribution is -2.54. The molecule has 2 heterocycles. The maximum atomic E-state index is 11.8. The van der Waals surface area contributed by atoms with E-state index in [1.807, 2.05) is 31.2 Å². The number of rotatable bonds is 5. The Bertz CT molecular complexity index is 823. The molecule has 1 amide bonds. The molecule has 8 nitrogen and oxygen atoms in total. The number of hydrogen-bond donors (Lipinski definition) is 1. The van der Waals surface area contributed by atoms with E-state index in [1.54, 1.807) is 18.2 Å². The average Bonchev–Trinajstić information content (AvgIpc) is 3.21. The summed E-state index contributed by atoms with van der Waals surface area (Å²) in [7, 11) is 1.77. The van der Waals surface area contributed by atoms with Crippen molar-refractivity contribution in [3.8, 4) is 11.5 Å². The first-order valence-corrected chi connectivity index (χ1v) is 9.99. The molecule has 1 N–H and O–H groups in total. The summed E-state index contributed by atoms with van der Waals surface area (Å²) in [6.07, 6.45) is 2.19. The highest BCUT2D eigenvalue weighted by Gasteiger charge is 2.23. The van der Waals surface area contributed by atoms with Crippen molar-refractivity contribution in [2.45, 2.75) is 20.3 Å². The number of amides is 1. The van der Waals surface area contributed by atoms with Crippen LogP contribution in [0.3, 0.4) is 0 Å². The molecule has 1 fully saturated rings. The second-order valence-corrected chi connectivity index (χ2v) is 6.91. The predicted molar refractivity (Wildman–Crippen MR) is 112 cm³/mol.